The van der Waals surface area contributed by atoms with Crippen LogP contribution in [0.15, 0.2) is 0 Å². The monoisotopic (exact) mass is 311 g/mol. The van der Waals surface area contributed by atoms with Gasteiger partial charge in [-0.1, -0.05) is 0 Å². The van der Waals surface area contributed by atoms with Gasteiger partial charge in [0.05, 0.1) is 0 Å². The molecule has 0 radical (unpaired) electrons. The second kappa shape index (κ2) is 9.81. The van der Waals surface area contributed by atoms with Crippen LogP contribution < -0.4 is 5.73 Å². The summed E-state index contributed by atoms with van der Waals surface area (Å²) in [5.74, 6) is 0.317. The molecular weight excluding hydrogens is 285 g/mol. The third-order valence-electron chi connectivity index (χ3n) is 3.96. The summed E-state index contributed by atoms with van der Waals surface area (Å²) in [5, 5.41) is 0. The van der Waals surface area contributed by atoms with Crippen LogP contribution >= 0.6 is 24.8 Å². The summed E-state index contributed by atoms with van der Waals surface area (Å²) in [4.78, 5) is 16.7. The molecule has 0 spiro atoms. The van der Waals surface area contributed by atoms with Gasteiger partial charge in [0.2, 0.25) is 5.91 Å². The predicted molar refractivity (Wildman–Crippen MR) is 83.2 cm³/mol. The van der Waals surface area contributed by atoms with E-state index in [2.05, 4.69) is 9.80 Å². The summed E-state index contributed by atoms with van der Waals surface area (Å²) < 4.78 is 0. The first-order chi connectivity index (χ1) is 8.31. The smallest absolute Gasteiger partial charge is 0.222 e. The van der Waals surface area contributed by atoms with Crippen molar-refractivity contribution in [3.63, 3.8) is 0 Å². The van der Waals surface area contributed by atoms with Gasteiger partial charge in [-0.15, -0.1) is 24.8 Å². The second-order valence-electron chi connectivity index (χ2n) is 5.28. The summed E-state index contributed by atoms with van der Waals surface area (Å²) in [6.45, 7) is 5.12. The van der Waals surface area contributed by atoms with E-state index in [0.717, 1.165) is 19.5 Å². The fraction of sp³-hybridized carbons (Fsp3) is 0.923. The Kier molecular flexibility index (Phi) is 9.79. The Labute approximate surface area is 128 Å². The highest BCUT2D eigenvalue weighted by Crippen LogP contribution is 2.21. The quantitative estimate of drug-likeness (QED) is 0.840. The van der Waals surface area contributed by atoms with Gasteiger partial charge >= 0.3 is 0 Å². The van der Waals surface area contributed by atoms with Crippen molar-refractivity contribution in [1.29, 1.82) is 0 Å². The highest BCUT2D eigenvalue weighted by atomic mass is 35.5. The fourth-order valence-electron chi connectivity index (χ4n) is 3.01. The minimum absolute atomic E-state index is 0. The van der Waals surface area contributed by atoms with Crippen molar-refractivity contribution in [3.8, 4) is 0 Å². The molecular formula is C13H27Cl2N3O. The van der Waals surface area contributed by atoms with Crippen LogP contribution in [-0.4, -0.2) is 54.5 Å². The van der Waals surface area contributed by atoms with Gasteiger partial charge < -0.3 is 15.5 Å². The molecule has 0 aromatic carbocycles. The van der Waals surface area contributed by atoms with Gasteiger partial charge in [0.25, 0.3) is 0 Å². The van der Waals surface area contributed by atoms with E-state index in [0.29, 0.717) is 24.9 Å². The summed E-state index contributed by atoms with van der Waals surface area (Å²) in [7, 11) is 0. The first-order valence-electron chi connectivity index (χ1n) is 7.03. The molecule has 2 aliphatic rings. The van der Waals surface area contributed by atoms with E-state index in [4.69, 9.17) is 5.73 Å². The molecule has 0 aromatic rings. The zero-order chi connectivity index (χ0) is 12.1. The molecule has 0 bridgehead atoms. The third-order valence-corrected chi connectivity index (χ3v) is 3.96. The lowest BCUT2D eigenvalue weighted by molar-refractivity contribution is -0.132. The molecule has 4 nitrogen and oxygen atoms in total. The molecule has 2 aliphatic heterocycles. The number of carbonyl (C=O) groups excluding carboxylic acids is 1. The molecule has 0 aromatic heterocycles. The number of likely N-dealkylation sites (tertiary alicyclic amines) is 2. The molecule has 6 heteroatoms. The summed E-state index contributed by atoms with van der Waals surface area (Å²) in [6.07, 6.45) is 6.47. The number of rotatable bonds is 5. The van der Waals surface area contributed by atoms with Crippen molar-refractivity contribution in [2.45, 2.75) is 44.6 Å². The second-order valence-corrected chi connectivity index (χ2v) is 5.28. The Hall–Kier alpha value is -0.0300. The van der Waals surface area contributed by atoms with Crippen molar-refractivity contribution >= 4 is 30.7 Å². The number of nitrogens with zero attached hydrogens (tertiary/aromatic N) is 2. The molecule has 2 fully saturated rings. The molecule has 0 aliphatic carbocycles. The van der Waals surface area contributed by atoms with Gasteiger partial charge in [0.15, 0.2) is 0 Å². The molecule has 1 amide bonds. The Morgan fingerprint density at radius 1 is 1.11 bits per heavy atom. The predicted octanol–water partition coefficient (Wildman–Crippen LogP) is 1.66. The Morgan fingerprint density at radius 2 is 1.79 bits per heavy atom. The number of halogens is 2. The Morgan fingerprint density at radius 3 is 2.42 bits per heavy atom. The molecule has 2 saturated heterocycles. The maximum atomic E-state index is 12.0. The fourth-order valence-corrected chi connectivity index (χ4v) is 3.01. The highest BCUT2D eigenvalue weighted by molar-refractivity contribution is 5.85. The third kappa shape index (κ3) is 5.46. The number of hydrogen-bond donors (Lipinski definition) is 1. The molecule has 19 heavy (non-hydrogen) atoms. The van der Waals surface area contributed by atoms with Gasteiger partial charge in [0.1, 0.15) is 0 Å². The van der Waals surface area contributed by atoms with Crippen LogP contribution in [0.2, 0.25) is 0 Å². The number of carbonyl (C=O) groups is 1. The number of nitrogens with two attached hydrogens (primary N) is 1. The number of hydrogen-bond acceptors (Lipinski definition) is 3. The van der Waals surface area contributed by atoms with Crippen molar-refractivity contribution in [2.24, 2.45) is 5.73 Å². The van der Waals surface area contributed by atoms with Gasteiger partial charge in [-0.2, -0.15) is 0 Å². The van der Waals surface area contributed by atoms with Crippen LogP contribution in [0.3, 0.4) is 0 Å². The average molecular weight is 312 g/mol. The van der Waals surface area contributed by atoms with Crippen LogP contribution in [0.25, 0.3) is 0 Å². The van der Waals surface area contributed by atoms with Crippen LogP contribution in [0.5, 0.6) is 0 Å². The van der Waals surface area contributed by atoms with E-state index in [-0.39, 0.29) is 24.8 Å². The van der Waals surface area contributed by atoms with Crippen LogP contribution in [0.1, 0.15) is 38.5 Å². The van der Waals surface area contributed by atoms with E-state index >= 15 is 0 Å². The van der Waals surface area contributed by atoms with E-state index in [1.807, 2.05) is 0 Å². The molecule has 114 valence electrons. The number of amides is 1. The molecule has 1 atom stereocenters. The van der Waals surface area contributed by atoms with Crippen molar-refractivity contribution in [3.05, 3.63) is 0 Å². The summed E-state index contributed by atoms with van der Waals surface area (Å²) in [5.41, 5.74) is 5.46. The molecule has 1 unspecified atom stereocenters. The first kappa shape index (κ1) is 19.0. The van der Waals surface area contributed by atoms with E-state index in [1.165, 1.54) is 38.8 Å². The highest BCUT2D eigenvalue weighted by Gasteiger charge is 2.30. The molecule has 2 heterocycles. The lowest BCUT2D eigenvalue weighted by Gasteiger charge is -2.28. The largest absolute Gasteiger partial charge is 0.338 e. The van der Waals surface area contributed by atoms with Gasteiger partial charge in [-0.25, -0.2) is 0 Å². The summed E-state index contributed by atoms with van der Waals surface area (Å²) in [6, 6.07) is 0.471. The lowest BCUT2D eigenvalue weighted by atomic mass is 10.2. The Balaban J connectivity index is 0.00000162. The first-order valence-corrected chi connectivity index (χ1v) is 7.03. The normalized spacial score (nSPS) is 23.0. The topological polar surface area (TPSA) is 49.6 Å². The van der Waals surface area contributed by atoms with Crippen molar-refractivity contribution in [1.82, 2.24) is 9.80 Å². The van der Waals surface area contributed by atoms with E-state index in [1.54, 1.807) is 0 Å². The molecule has 0 saturated carbocycles. The van der Waals surface area contributed by atoms with Gasteiger partial charge in [-0.3, -0.25) is 4.79 Å². The minimum atomic E-state index is 0. The SMILES string of the molecule is Cl.Cl.NCCCC(=O)N1CCCC1CN1CCCC1. The Bertz CT molecular complexity index is 260. The maximum absolute atomic E-state index is 12.0. The molecule has 2 rings (SSSR count). The van der Waals surface area contributed by atoms with E-state index in [9.17, 15) is 4.79 Å². The lowest BCUT2D eigenvalue weighted by Crippen LogP contribution is -2.42. The average Bonchev–Trinajstić information content (AvgIpc) is 2.97. The van der Waals surface area contributed by atoms with Gasteiger partial charge in [0, 0.05) is 25.6 Å². The minimum Gasteiger partial charge on any atom is -0.338 e. The zero-order valence-electron chi connectivity index (χ0n) is 11.6. The zero-order valence-corrected chi connectivity index (χ0v) is 13.2. The summed E-state index contributed by atoms with van der Waals surface area (Å²) >= 11 is 0. The van der Waals surface area contributed by atoms with E-state index < -0.39 is 0 Å². The maximum Gasteiger partial charge on any atom is 0.222 e. The van der Waals surface area contributed by atoms with Crippen LogP contribution in [-0.2, 0) is 4.79 Å². The van der Waals surface area contributed by atoms with Crippen molar-refractivity contribution in [2.75, 3.05) is 32.7 Å². The molecule has 2 N–H and O–H groups in total. The standard InChI is InChI=1S/C13H25N3O.2ClH/c14-7-3-6-13(17)16-10-4-5-12(16)11-15-8-1-2-9-15;;/h12H,1-11,14H2;2*1H. The van der Waals surface area contributed by atoms with Crippen LogP contribution in [0, 0.1) is 0 Å². The van der Waals surface area contributed by atoms with Crippen LogP contribution in [0.4, 0.5) is 0 Å². The van der Waals surface area contributed by atoms with Gasteiger partial charge in [-0.05, 0) is 51.7 Å². The van der Waals surface area contributed by atoms with Crippen molar-refractivity contribution < 1.29 is 4.79 Å².